The maximum absolute atomic E-state index is 6.99. The van der Waals surface area contributed by atoms with E-state index in [9.17, 15) is 0 Å². The fourth-order valence-electron chi connectivity index (χ4n) is 12.0. The summed E-state index contributed by atoms with van der Waals surface area (Å²) in [5.74, 6) is 4.20. The molecule has 0 saturated carbocycles. The smallest absolute Gasteiger partial charge is 0.171 e. The molecule has 0 amide bonds. The standard InChI is InChI=1S/C62H55N5O/c1-6-19-40(20-7-1)44-33-45(41-21-8-2-9-22-41)35-46(34-44)47-36-53(62-65-60(42-23-10-3-11-24-42)64-61(66-62)43-25-12-4-13-26-43)59(63-39-47)50-30-18-32-56-58(50)52-37-51-49-29-16-17-31-54(49)67(48-27-14-5-15-28-48)55(51)38-57(52)68-56/h1-8,10,12,14-21,23,25,27-33,35-38,46,50-51,55,58,62-63H,9,11,13,22,24,26,34,39H2,(H,64,65,66). The van der Waals surface area contributed by atoms with Gasteiger partial charge in [-0.2, -0.15) is 0 Å². The number of benzene rings is 3. The number of hydrogen-bond donors (Lipinski definition) is 2. The number of nitrogens with one attached hydrogen (secondary N) is 2. The fourth-order valence-corrected chi connectivity index (χ4v) is 12.0. The Hall–Kier alpha value is -7.44. The number of para-hydroxylation sites is 2. The Morgan fingerprint density at radius 3 is 2.04 bits per heavy atom. The van der Waals surface area contributed by atoms with Crippen LogP contribution < -0.4 is 15.5 Å². The van der Waals surface area contributed by atoms with Gasteiger partial charge >= 0.3 is 0 Å². The first-order valence-corrected chi connectivity index (χ1v) is 24.8. The molecule has 13 rings (SSSR count). The lowest BCUT2D eigenvalue weighted by Gasteiger charge is -2.36. The van der Waals surface area contributed by atoms with Gasteiger partial charge in [-0.15, -0.1) is 0 Å². The number of rotatable bonds is 8. The zero-order valence-corrected chi connectivity index (χ0v) is 38.3. The Bertz CT molecular complexity index is 3070. The lowest BCUT2D eigenvalue weighted by Crippen LogP contribution is -2.41. The molecule has 5 atom stereocenters. The quantitative estimate of drug-likeness (QED) is 0.237. The van der Waals surface area contributed by atoms with Crippen molar-refractivity contribution in [2.45, 2.75) is 63.1 Å². The molecule has 6 nitrogen and oxygen atoms in total. The minimum absolute atomic E-state index is 0.00340. The average molecular weight is 886 g/mol. The topological polar surface area (TPSA) is 61.3 Å². The summed E-state index contributed by atoms with van der Waals surface area (Å²) >= 11 is 0. The van der Waals surface area contributed by atoms with Gasteiger partial charge in [-0.3, -0.25) is 0 Å². The van der Waals surface area contributed by atoms with Gasteiger partial charge in [0.05, 0.1) is 12.0 Å². The molecule has 0 radical (unpaired) electrons. The normalized spacial score (nSPS) is 26.9. The van der Waals surface area contributed by atoms with E-state index in [1.807, 2.05) is 0 Å². The van der Waals surface area contributed by atoms with Crippen molar-refractivity contribution in [1.29, 1.82) is 0 Å². The van der Waals surface area contributed by atoms with E-state index in [-0.39, 0.29) is 29.7 Å². The first kappa shape index (κ1) is 40.8. The van der Waals surface area contributed by atoms with Crippen molar-refractivity contribution in [2.75, 3.05) is 11.4 Å². The predicted molar refractivity (Wildman–Crippen MR) is 278 cm³/mol. The second-order valence-electron chi connectivity index (χ2n) is 19.3. The van der Waals surface area contributed by atoms with E-state index in [4.69, 9.17) is 14.7 Å². The summed E-state index contributed by atoms with van der Waals surface area (Å²) in [5.41, 5.74) is 16.6. The number of fused-ring (bicyclic) bond motifs is 6. The van der Waals surface area contributed by atoms with Crippen molar-refractivity contribution in [2.24, 2.45) is 27.7 Å². The number of anilines is 2. The molecule has 6 aliphatic carbocycles. The van der Waals surface area contributed by atoms with Crippen LogP contribution in [0.4, 0.5) is 11.4 Å². The van der Waals surface area contributed by atoms with Crippen LogP contribution in [-0.2, 0) is 4.74 Å². The minimum atomic E-state index is -0.453. The summed E-state index contributed by atoms with van der Waals surface area (Å²) < 4.78 is 6.99. The molecule has 0 spiro atoms. The second-order valence-corrected chi connectivity index (χ2v) is 19.3. The lowest BCUT2D eigenvalue weighted by molar-refractivity contribution is 0.313. The number of nitrogens with zero attached hydrogens (tertiary/aromatic N) is 3. The zero-order chi connectivity index (χ0) is 45.0. The molecule has 5 unspecified atom stereocenters. The van der Waals surface area contributed by atoms with Crippen molar-refractivity contribution in [3.63, 3.8) is 0 Å². The van der Waals surface area contributed by atoms with Crippen LogP contribution in [-0.4, -0.2) is 30.4 Å². The van der Waals surface area contributed by atoms with E-state index in [1.54, 1.807) is 0 Å². The first-order chi connectivity index (χ1) is 33.7. The lowest BCUT2D eigenvalue weighted by atomic mass is 9.74. The molecule has 3 aromatic rings. The Balaban J connectivity index is 0.949. The molecule has 1 saturated heterocycles. The van der Waals surface area contributed by atoms with Gasteiger partial charge in [0.15, 0.2) is 6.17 Å². The van der Waals surface area contributed by atoms with Crippen LogP contribution in [0.3, 0.4) is 0 Å². The van der Waals surface area contributed by atoms with Gasteiger partial charge < -0.3 is 20.3 Å². The van der Waals surface area contributed by atoms with Crippen LogP contribution in [0.25, 0.3) is 5.57 Å². The molecule has 1 fully saturated rings. The van der Waals surface area contributed by atoms with Crippen molar-refractivity contribution in [1.82, 2.24) is 10.6 Å². The third kappa shape index (κ3) is 7.34. The summed E-state index contributed by atoms with van der Waals surface area (Å²) in [6, 6.07) is 30.8. The summed E-state index contributed by atoms with van der Waals surface area (Å²) in [6.07, 6.45) is 45.8. The minimum Gasteiger partial charge on any atom is -0.461 e. The van der Waals surface area contributed by atoms with Gasteiger partial charge in [-0.05, 0) is 120 Å². The van der Waals surface area contributed by atoms with E-state index in [2.05, 4.69) is 204 Å². The van der Waals surface area contributed by atoms with Crippen LogP contribution in [0, 0.1) is 17.8 Å². The van der Waals surface area contributed by atoms with Crippen molar-refractivity contribution in [3.05, 3.63) is 256 Å². The molecule has 4 aliphatic heterocycles. The number of amidine groups is 2. The Kier molecular flexibility index (Phi) is 10.4. The highest BCUT2D eigenvalue weighted by atomic mass is 16.5. The van der Waals surface area contributed by atoms with E-state index in [0.717, 1.165) is 80.3 Å². The van der Waals surface area contributed by atoms with Gasteiger partial charge in [0.25, 0.3) is 0 Å². The summed E-state index contributed by atoms with van der Waals surface area (Å²) in [4.78, 5) is 13.7. The van der Waals surface area contributed by atoms with Crippen molar-refractivity contribution >= 4 is 28.6 Å². The fraction of sp³-hybridized carbons (Fsp3) is 0.226. The largest absolute Gasteiger partial charge is 0.461 e. The molecule has 2 N–H and O–H groups in total. The van der Waals surface area contributed by atoms with Crippen LogP contribution in [0.1, 0.15) is 62.0 Å². The number of ether oxygens (including phenoxy) is 1. The number of allylic oxidation sites excluding steroid dienone is 19. The maximum atomic E-state index is 6.99. The molecule has 0 bridgehead atoms. The van der Waals surface area contributed by atoms with Crippen LogP contribution in [0.5, 0.6) is 0 Å². The second kappa shape index (κ2) is 17.3. The molecule has 0 aromatic heterocycles. The van der Waals surface area contributed by atoms with Gasteiger partial charge in [0.1, 0.15) is 23.2 Å². The summed E-state index contributed by atoms with van der Waals surface area (Å²) in [7, 11) is 0. The van der Waals surface area contributed by atoms with E-state index >= 15 is 0 Å². The molecular weight excluding hydrogens is 831 g/mol. The summed E-state index contributed by atoms with van der Waals surface area (Å²) in [6.45, 7) is 0.737. The monoisotopic (exact) mass is 885 g/mol. The van der Waals surface area contributed by atoms with Crippen LogP contribution >= 0.6 is 0 Å². The molecule has 334 valence electrons. The number of hydrogen-bond acceptors (Lipinski definition) is 6. The van der Waals surface area contributed by atoms with E-state index < -0.39 is 6.17 Å². The third-order valence-corrected chi connectivity index (χ3v) is 15.3. The highest BCUT2D eigenvalue weighted by Crippen LogP contribution is 2.56. The first-order valence-electron chi connectivity index (χ1n) is 24.8. The predicted octanol–water partition coefficient (Wildman–Crippen LogP) is 13.2. The average Bonchev–Trinajstić information content (AvgIpc) is 3.95. The molecular formula is C62H55N5O. The Morgan fingerprint density at radius 2 is 1.32 bits per heavy atom. The molecule has 4 heterocycles. The van der Waals surface area contributed by atoms with Gasteiger partial charge in [0.2, 0.25) is 0 Å². The highest BCUT2D eigenvalue weighted by Gasteiger charge is 2.48. The number of dihydropyridines is 1. The molecule has 10 aliphatic rings. The molecule has 6 heteroatoms. The van der Waals surface area contributed by atoms with Crippen molar-refractivity contribution in [3.8, 4) is 0 Å². The molecule has 68 heavy (non-hydrogen) atoms. The van der Waals surface area contributed by atoms with Crippen LogP contribution in [0.2, 0.25) is 0 Å². The van der Waals surface area contributed by atoms with Gasteiger partial charge in [0, 0.05) is 52.5 Å². The highest BCUT2D eigenvalue weighted by molar-refractivity contribution is 6.16. The maximum Gasteiger partial charge on any atom is 0.171 e. The number of aliphatic imine (C=N–C) groups is 2. The Labute approximate surface area is 400 Å². The summed E-state index contributed by atoms with van der Waals surface area (Å²) in [5, 5.41) is 7.91. The van der Waals surface area contributed by atoms with Gasteiger partial charge in [-0.1, -0.05) is 158 Å². The zero-order valence-electron chi connectivity index (χ0n) is 38.3. The van der Waals surface area contributed by atoms with E-state index in [0.29, 0.717) is 0 Å². The third-order valence-electron chi connectivity index (χ3n) is 15.3. The van der Waals surface area contributed by atoms with Gasteiger partial charge in [-0.25, -0.2) is 9.98 Å². The van der Waals surface area contributed by atoms with E-state index in [1.165, 1.54) is 67.2 Å². The van der Waals surface area contributed by atoms with Crippen molar-refractivity contribution < 1.29 is 4.74 Å². The SMILES string of the molecule is C1=CCCC(C2=CC(C3=CC(C4N=C(C5=CC=CCC5)NC(C5=CC=CCC5)=N4)=C(C4C=CC=C5OC6=CC7C(C=C6C54)c4ccccc4N7c4ccccc4)NC3)CC(c3ccccc3)=C2)=C1. The molecule has 3 aromatic carbocycles. The van der Waals surface area contributed by atoms with Crippen LogP contribution in [0.15, 0.2) is 254 Å². The Morgan fingerprint density at radius 1 is 0.632 bits per heavy atom.